The van der Waals surface area contributed by atoms with Crippen molar-refractivity contribution < 1.29 is 32.9 Å². The van der Waals surface area contributed by atoms with Crippen LogP contribution in [0.5, 0.6) is 5.75 Å². The fourth-order valence-electron chi connectivity index (χ4n) is 5.49. The number of carboxylic acid groups (broad SMARTS) is 1. The van der Waals surface area contributed by atoms with Gasteiger partial charge in [-0.05, 0) is 106 Å². The van der Waals surface area contributed by atoms with Crippen molar-refractivity contribution in [2.24, 2.45) is 5.41 Å². The van der Waals surface area contributed by atoms with Crippen molar-refractivity contribution in [2.45, 2.75) is 51.6 Å². The number of carboxylic acids is 1. The molecule has 0 spiro atoms. The molecule has 0 radical (unpaired) electrons. The molecule has 0 unspecified atom stereocenters. The SMILES string of the molecule is COc1ccc2ncc(CO)c(CCCC3(C(=O)O)CCN(CCCc4cc(F)cc(F)c4F)CC3)c2c1. The molecule has 6 nitrogen and oxygen atoms in total. The molecule has 0 aliphatic carbocycles. The van der Waals surface area contributed by atoms with Crippen molar-refractivity contribution in [3.63, 3.8) is 0 Å². The lowest BCUT2D eigenvalue weighted by Crippen LogP contribution is -2.44. The largest absolute Gasteiger partial charge is 0.497 e. The van der Waals surface area contributed by atoms with Gasteiger partial charge in [-0.3, -0.25) is 9.78 Å². The van der Waals surface area contributed by atoms with Crippen LogP contribution in [0.1, 0.15) is 48.8 Å². The van der Waals surface area contributed by atoms with E-state index < -0.39 is 28.8 Å². The lowest BCUT2D eigenvalue weighted by Gasteiger charge is -2.39. The van der Waals surface area contributed by atoms with Crippen LogP contribution in [-0.4, -0.2) is 52.8 Å². The van der Waals surface area contributed by atoms with Crippen LogP contribution in [0.3, 0.4) is 0 Å². The zero-order chi connectivity index (χ0) is 27.3. The number of fused-ring (bicyclic) bond motifs is 1. The highest BCUT2D eigenvalue weighted by molar-refractivity contribution is 5.84. The number of halogens is 3. The van der Waals surface area contributed by atoms with E-state index >= 15 is 0 Å². The van der Waals surface area contributed by atoms with Crippen molar-refractivity contribution in [2.75, 3.05) is 26.7 Å². The summed E-state index contributed by atoms with van der Waals surface area (Å²) < 4.78 is 46.1. The maximum Gasteiger partial charge on any atom is 0.309 e. The first-order valence-corrected chi connectivity index (χ1v) is 12.9. The summed E-state index contributed by atoms with van der Waals surface area (Å²) in [4.78, 5) is 18.9. The minimum atomic E-state index is -1.19. The summed E-state index contributed by atoms with van der Waals surface area (Å²) >= 11 is 0. The number of ether oxygens (including phenoxy) is 1. The minimum Gasteiger partial charge on any atom is -0.497 e. The number of aliphatic hydroxyl groups excluding tert-OH is 1. The average Bonchev–Trinajstić information content (AvgIpc) is 2.91. The van der Waals surface area contributed by atoms with Gasteiger partial charge in [0.05, 0.1) is 24.6 Å². The first kappa shape index (κ1) is 27.9. The van der Waals surface area contributed by atoms with Crippen LogP contribution >= 0.6 is 0 Å². The average molecular weight is 531 g/mol. The summed E-state index contributed by atoms with van der Waals surface area (Å²) in [6.07, 6.45) is 5.12. The lowest BCUT2D eigenvalue weighted by atomic mass is 9.74. The van der Waals surface area contributed by atoms with Crippen molar-refractivity contribution in [1.29, 1.82) is 0 Å². The number of rotatable bonds is 11. The van der Waals surface area contributed by atoms with Crippen LogP contribution in [0.2, 0.25) is 0 Å². The lowest BCUT2D eigenvalue weighted by molar-refractivity contribution is -0.152. The van der Waals surface area contributed by atoms with Gasteiger partial charge < -0.3 is 19.8 Å². The Labute approximate surface area is 220 Å². The summed E-state index contributed by atoms with van der Waals surface area (Å²) in [5.41, 5.74) is 1.65. The second kappa shape index (κ2) is 12.1. The molecule has 0 atom stereocenters. The number of aliphatic hydroxyl groups is 1. The monoisotopic (exact) mass is 530 g/mol. The fraction of sp³-hybridized carbons (Fsp3) is 0.448. The standard InChI is InChI=1S/C29H33F3N2O4/c1-38-22-6-7-26-24(16-22)23(20(18-35)17-33-26)5-2-8-29(28(36)37)9-12-34(13-10-29)11-3-4-19-14-21(30)15-25(31)27(19)32/h6-7,14-17,35H,2-5,8-13,18H2,1H3,(H,36,37). The van der Waals surface area contributed by atoms with Gasteiger partial charge >= 0.3 is 5.97 Å². The predicted molar refractivity (Wildman–Crippen MR) is 138 cm³/mol. The highest BCUT2D eigenvalue weighted by Gasteiger charge is 2.40. The molecule has 3 aromatic rings. The van der Waals surface area contributed by atoms with Crippen molar-refractivity contribution >= 4 is 16.9 Å². The van der Waals surface area contributed by atoms with Gasteiger partial charge in [0.2, 0.25) is 0 Å². The van der Waals surface area contributed by atoms with Crippen LogP contribution in [0.25, 0.3) is 10.9 Å². The van der Waals surface area contributed by atoms with E-state index in [1.54, 1.807) is 13.3 Å². The summed E-state index contributed by atoms with van der Waals surface area (Å²) in [6, 6.07) is 7.15. The topological polar surface area (TPSA) is 82.9 Å². The van der Waals surface area contributed by atoms with E-state index in [1.165, 1.54) is 0 Å². The third-order valence-corrected chi connectivity index (χ3v) is 7.78. The molecule has 4 rings (SSSR count). The zero-order valence-corrected chi connectivity index (χ0v) is 21.5. The first-order valence-electron chi connectivity index (χ1n) is 12.9. The van der Waals surface area contributed by atoms with E-state index in [2.05, 4.69) is 9.88 Å². The van der Waals surface area contributed by atoms with Gasteiger partial charge in [-0.25, -0.2) is 13.2 Å². The highest BCUT2D eigenvalue weighted by atomic mass is 19.2. The van der Waals surface area contributed by atoms with Crippen LogP contribution in [-0.2, 0) is 24.2 Å². The molecule has 2 heterocycles. The number of hydrogen-bond donors (Lipinski definition) is 2. The molecule has 2 N–H and O–H groups in total. The number of pyridine rings is 1. The Morgan fingerprint density at radius 1 is 1.08 bits per heavy atom. The van der Waals surface area contributed by atoms with E-state index in [4.69, 9.17) is 4.74 Å². The number of methoxy groups -OCH3 is 1. The summed E-state index contributed by atoms with van der Waals surface area (Å²) in [7, 11) is 1.59. The number of carbonyl (C=O) groups is 1. The zero-order valence-electron chi connectivity index (χ0n) is 21.5. The number of aliphatic carboxylic acids is 1. The molecule has 38 heavy (non-hydrogen) atoms. The predicted octanol–water partition coefficient (Wildman–Crippen LogP) is 5.28. The van der Waals surface area contributed by atoms with E-state index in [-0.39, 0.29) is 18.6 Å². The van der Waals surface area contributed by atoms with Gasteiger partial charge in [0.15, 0.2) is 11.6 Å². The number of likely N-dealkylation sites (tertiary alicyclic amines) is 1. The smallest absolute Gasteiger partial charge is 0.309 e. The first-order chi connectivity index (χ1) is 18.3. The second-order valence-corrected chi connectivity index (χ2v) is 10.0. The number of aromatic nitrogens is 1. The number of hydrogen-bond acceptors (Lipinski definition) is 5. The Kier molecular flexibility index (Phi) is 8.89. The van der Waals surface area contributed by atoms with Crippen LogP contribution in [0, 0.1) is 22.9 Å². The maximum absolute atomic E-state index is 13.9. The molecular formula is C29H33F3N2O4. The highest BCUT2D eigenvalue weighted by Crippen LogP contribution is 2.38. The molecular weight excluding hydrogens is 497 g/mol. The molecule has 1 aliphatic rings. The Bertz CT molecular complexity index is 1290. The molecule has 1 saturated heterocycles. The van der Waals surface area contributed by atoms with E-state index in [9.17, 15) is 28.2 Å². The molecule has 0 bridgehead atoms. The number of aryl methyl sites for hydroxylation is 2. The molecule has 204 valence electrons. The number of benzene rings is 2. The molecule has 0 saturated carbocycles. The fourth-order valence-corrected chi connectivity index (χ4v) is 5.49. The summed E-state index contributed by atoms with van der Waals surface area (Å²) in [5.74, 6) is -3.12. The molecule has 1 aromatic heterocycles. The van der Waals surface area contributed by atoms with Crippen molar-refractivity contribution in [3.8, 4) is 5.75 Å². The van der Waals surface area contributed by atoms with Crippen LogP contribution in [0.15, 0.2) is 36.5 Å². The van der Waals surface area contributed by atoms with Crippen molar-refractivity contribution in [1.82, 2.24) is 9.88 Å². The van der Waals surface area contributed by atoms with Gasteiger partial charge in [0.1, 0.15) is 11.6 Å². The summed E-state index contributed by atoms with van der Waals surface area (Å²) in [6.45, 7) is 1.62. The number of piperidine rings is 1. The minimum absolute atomic E-state index is 0.0166. The van der Waals surface area contributed by atoms with Gasteiger partial charge in [-0.15, -0.1) is 0 Å². The van der Waals surface area contributed by atoms with Crippen LogP contribution < -0.4 is 4.74 Å². The molecule has 0 amide bonds. The summed E-state index contributed by atoms with van der Waals surface area (Å²) in [5, 5.41) is 20.9. The van der Waals surface area contributed by atoms with Gasteiger partial charge in [-0.1, -0.05) is 0 Å². The molecule has 2 aromatic carbocycles. The Morgan fingerprint density at radius 3 is 2.53 bits per heavy atom. The quantitative estimate of drug-likeness (QED) is 0.329. The molecule has 1 aliphatic heterocycles. The van der Waals surface area contributed by atoms with Crippen molar-refractivity contribution in [3.05, 3.63) is 70.7 Å². The Hall–Kier alpha value is -3.17. The number of nitrogens with zero attached hydrogens (tertiary/aromatic N) is 2. The Morgan fingerprint density at radius 2 is 1.84 bits per heavy atom. The molecule has 1 fully saturated rings. The van der Waals surface area contributed by atoms with E-state index in [0.29, 0.717) is 70.0 Å². The maximum atomic E-state index is 13.9. The van der Waals surface area contributed by atoms with Crippen LogP contribution in [0.4, 0.5) is 13.2 Å². The third-order valence-electron chi connectivity index (χ3n) is 7.78. The van der Waals surface area contributed by atoms with Gasteiger partial charge in [0, 0.05) is 17.6 Å². The second-order valence-electron chi connectivity index (χ2n) is 10.0. The van der Waals surface area contributed by atoms with Gasteiger partial charge in [-0.2, -0.15) is 0 Å². The normalized spacial score (nSPS) is 15.6. The van der Waals surface area contributed by atoms with Gasteiger partial charge in [0.25, 0.3) is 0 Å². The molecule has 9 heteroatoms. The van der Waals surface area contributed by atoms with E-state index in [1.807, 2.05) is 18.2 Å². The van der Waals surface area contributed by atoms with E-state index in [0.717, 1.165) is 28.1 Å². The Balaban J connectivity index is 1.35. The third kappa shape index (κ3) is 6.10.